The predicted octanol–water partition coefficient (Wildman–Crippen LogP) is 1.35. The Labute approximate surface area is 89.8 Å². The van der Waals surface area contributed by atoms with Gasteiger partial charge < -0.3 is 9.47 Å². The fraction of sp³-hybridized carbons (Fsp3) is 0.818. The highest BCUT2D eigenvalue weighted by molar-refractivity contribution is 5.22. The quantitative estimate of drug-likeness (QED) is 0.709. The lowest BCUT2D eigenvalue weighted by molar-refractivity contribution is -0.0283. The fourth-order valence-electron chi connectivity index (χ4n) is 3.02. The van der Waals surface area contributed by atoms with Gasteiger partial charge in [0.05, 0.1) is 24.6 Å². The van der Waals surface area contributed by atoms with Crippen LogP contribution in [0.3, 0.4) is 0 Å². The fourth-order valence-corrected chi connectivity index (χ4v) is 3.02. The van der Waals surface area contributed by atoms with Crippen LogP contribution in [-0.4, -0.2) is 50.5 Å². The average Bonchev–Trinajstić information content (AvgIpc) is 2.72. The second kappa shape index (κ2) is 4.20. The monoisotopic (exact) mass is 215 g/mol. The van der Waals surface area contributed by atoms with Crippen LogP contribution in [0.15, 0.2) is 11.9 Å². The molecule has 2 aliphatic heterocycles. The molecule has 86 valence electrons. The summed E-state index contributed by atoms with van der Waals surface area (Å²) in [5.74, 6) is 0. The maximum Gasteiger partial charge on any atom is 0.0872 e. The molecule has 3 nitrogen and oxygen atoms in total. The molecule has 0 spiro atoms. The number of fused-ring (bicyclic) bond motifs is 1. The molecule has 15 heavy (non-hydrogen) atoms. The zero-order valence-corrected chi connectivity index (χ0v) is 9.33. The summed E-state index contributed by atoms with van der Waals surface area (Å²) in [6.07, 6.45) is 2.65. The predicted molar refractivity (Wildman–Crippen MR) is 55.4 cm³/mol. The van der Waals surface area contributed by atoms with Crippen LogP contribution >= 0.6 is 0 Å². The maximum absolute atomic E-state index is 12.6. The van der Waals surface area contributed by atoms with Crippen LogP contribution in [0.1, 0.15) is 12.8 Å². The van der Waals surface area contributed by atoms with Crippen molar-refractivity contribution in [1.82, 2.24) is 4.90 Å². The minimum absolute atomic E-state index is 0.124. The normalized spacial score (nSPS) is 38.9. The summed E-state index contributed by atoms with van der Waals surface area (Å²) < 4.78 is 23.4. The van der Waals surface area contributed by atoms with E-state index in [2.05, 4.69) is 4.90 Å². The Bertz CT molecular complexity index is 269. The third-order valence-electron chi connectivity index (χ3n) is 3.65. The van der Waals surface area contributed by atoms with E-state index >= 15 is 0 Å². The number of ether oxygens (including phenoxy) is 2. The highest BCUT2D eigenvalue weighted by atomic mass is 19.1. The summed E-state index contributed by atoms with van der Waals surface area (Å²) in [5, 5.41) is 0. The van der Waals surface area contributed by atoms with E-state index in [4.69, 9.17) is 9.47 Å². The van der Waals surface area contributed by atoms with E-state index in [1.54, 1.807) is 14.2 Å². The molecule has 0 amide bonds. The molecule has 0 aromatic rings. The van der Waals surface area contributed by atoms with Gasteiger partial charge in [-0.25, -0.2) is 4.39 Å². The lowest BCUT2D eigenvalue weighted by atomic mass is 9.91. The number of methoxy groups -OCH3 is 2. The summed E-state index contributed by atoms with van der Waals surface area (Å²) in [4.78, 5) is 2.29. The highest BCUT2D eigenvalue weighted by Crippen LogP contribution is 2.42. The van der Waals surface area contributed by atoms with E-state index in [9.17, 15) is 4.39 Å². The van der Waals surface area contributed by atoms with Crippen LogP contribution in [0.25, 0.3) is 0 Å². The maximum atomic E-state index is 12.6. The molecular formula is C11H18FNO2. The van der Waals surface area contributed by atoms with Crippen LogP contribution in [0, 0.1) is 0 Å². The first-order chi connectivity index (χ1) is 7.26. The first-order valence-electron chi connectivity index (χ1n) is 5.31. The Morgan fingerprint density at radius 3 is 3.00 bits per heavy atom. The average molecular weight is 215 g/mol. The van der Waals surface area contributed by atoms with E-state index in [0.29, 0.717) is 6.61 Å². The van der Waals surface area contributed by atoms with Crippen molar-refractivity contribution in [3.63, 3.8) is 0 Å². The summed E-state index contributed by atoms with van der Waals surface area (Å²) >= 11 is 0. The molecule has 2 atom stereocenters. The molecule has 2 fully saturated rings. The molecule has 2 aliphatic rings. The van der Waals surface area contributed by atoms with Gasteiger partial charge in [0.2, 0.25) is 0 Å². The van der Waals surface area contributed by atoms with E-state index in [1.807, 2.05) is 0 Å². The number of halogens is 1. The Balaban J connectivity index is 2.23. The zero-order chi connectivity index (χ0) is 10.9. The Morgan fingerprint density at radius 2 is 2.40 bits per heavy atom. The van der Waals surface area contributed by atoms with Gasteiger partial charge in [-0.15, -0.1) is 0 Å². The summed E-state index contributed by atoms with van der Waals surface area (Å²) in [6, 6.07) is 0. The van der Waals surface area contributed by atoms with Gasteiger partial charge in [-0.1, -0.05) is 0 Å². The minimum Gasteiger partial charge on any atom is -0.383 e. The molecule has 2 heterocycles. The van der Waals surface area contributed by atoms with Gasteiger partial charge in [-0.3, -0.25) is 4.90 Å². The van der Waals surface area contributed by atoms with Crippen molar-refractivity contribution in [2.45, 2.75) is 24.5 Å². The standard InChI is InChI=1S/C11H18FNO2/c1-14-8-11-5-9(6-12)7-13(11)4-3-10(11)15-2/h6,10H,3-5,7-8H2,1-2H3/b9-6-/t10-,11+/m1/s1. The summed E-state index contributed by atoms with van der Waals surface area (Å²) in [7, 11) is 3.41. The number of nitrogens with zero attached hydrogens (tertiary/aromatic N) is 1. The molecule has 2 saturated heterocycles. The molecule has 4 heteroatoms. The van der Waals surface area contributed by atoms with Gasteiger partial charge >= 0.3 is 0 Å². The lowest BCUT2D eigenvalue weighted by Crippen LogP contribution is -2.50. The third kappa shape index (κ3) is 1.61. The van der Waals surface area contributed by atoms with E-state index in [1.165, 1.54) is 0 Å². The van der Waals surface area contributed by atoms with Gasteiger partial charge in [-0.2, -0.15) is 0 Å². The first-order valence-corrected chi connectivity index (χ1v) is 5.31. The lowest BCUT2D eigenvalue weighted by Gasteiger charge is -2.35. The molecule has 0 radical (unpaired) electrons. The summed E-state index contributed by atoms with van der Waals surface area (Å²) in [6.45, 7) is 2.31. The SMILES string of the molecule is COC[C@]12C/C(=C/F)CN1CC[C@H]2OC. The molecule has 0 unspecified atom stereocenters. The topological polar surface area (TPSA) is 21.7 Å². The molecule has 0 saturated carbocycles. The Hall–Kier alpha value is -0.450. The largest absolute Gasteiger partial charge is 0.383 e. The Kier molecular flexibility index (Phi) is 3.09. The van der Waals surface area contributed by atoms with Crippen molar-refractivity contribution in [2.75, 3.05) is 33.9 Å². The van der Waals surface area contributed by atoms with Crippen molar-refractivity contribution >= 4 is 0 Å². The van der Waals surface area contributed by atoms with Crippen molar-refractivity contribution < 1.29 is 13.9 Å². The minimum atomic E-state index is -0.124. The number of hydrogen-bond donors (Lipinski definition) is 0. The molecule has 2 rings (SSSR count). The van der Waals surface area contributed by atoms with Crippen molar-refractivity contribution in [3.8, 4) is 0 Å². The molecule has 0 aromatic heterocycles. The molecule has 0 aromatic carbocycles. The van der Waals surface area contributed by atoms with Gasteiger partial charge in [0.1, 0.15) is 0 Å². The number of hydrogen-bond acceptors (Lipinski definition) is 3. The van der Waals surface area contributed by atoms with Crippen LogP contribution < -0.4 is 0 Å². The van der Waals surface area contributed by atoms with Gasteiger partial charge in [0.15, 0.2) is 0 Å². The second-order valence-corrected chi connectivity index (χ2v) is 4.42. The second-order valence-electron chi connectivity index (χ2n) is 4.42. The molecular weight excluding hydrogens is 197 g/mol. The van der Waals surface area contributed by atoms with E-state index < -0.39 is 0 Å². The van der Waals surface area contributed by atoms with Crippen molar-refractivity contribution in [3.05, 3.63) is 11.9 Å². The highest BCUT2D eigenvalue weighted by Gasteiger charge is 2.53. The first kappa shape index (κ1) is 11.0. The number of rotatable bonds is 3. The summed E-state index contributed by atoms with van der Waals surface area (Å²) in [5.41, 5.74) is 0.732. The van der Waals surface area contributed by atoms with E-state index in [0.717, 1.165) is 37.8 Å². The Morgan fingerprint density at radius 1 is 1.60 bits per heavy atom. The molecule has 0 bridgehead atoms. The molecule has 0 aliphatic carbocycles. The molecule has 0 N–H and O–H groups in total. The van der Waals surface area contributed by atoms with Gasteiger partial charge in [0, 0.05) is 27.3 Å². The van der Waals surface area contributed by atoms with Crippen LogP contribution in [-0.2, 0) is 9.47 Å². The van der Waals surface area contributed by atoms with Gasteiger partial charge in [0.25, 0.3) is 0 Å². The smallest absolute Gasteiger partial charge is 0.0872 e. The van der Waals surface area contributed by atoms with Crippen molar-refractivity contribution in [1.29, 1.82) is 0 Å². The van der Waals surface area contributed by atoms with Crippen LogP contribution in [0.2, 0.25) is 0 Å². The van der Waals surface area contributed by atoms with E-state index in [-0.39, 0.29) is 11.6 Å². The van der Waals surface area contributed by atoms with Crippen molar-refractivity contribution in [2.24, 2.45) is 0 Å². The van der Waals surface area contributed by atoms with Gasteiger partial charge in [-0.05, 0) is 18.4 Å². The van der Waals surface area contributed by atoms with Crippen LogP contribution in [0.5, 0.6) is 0 Å². The zero-order valence-electron chi connectivity index (χ0n) is 9.33. The van der Waals surface area contributed by atoms with Crippen LogP contribution in [0.4, 0.5) is 4.39 Å². The third-order valence-corrected chi connectivity index (χ3v) is 3.65.